The van der Waals surface area contributed by atoms with Gasteiger partial charge in [0.2, 0.25) is 5.91 Å². The summed E-state index contributed by atoms with van der Waals surface area (Å²) in [6, 6.07) is 0.687. The van der Waals surface area contributed by atoms with Crippen LogP contribution in [0.3, 0.4) is 0 Å². The van der Waals surface area contributed by atoms with Crippen molar-refractivity contribution < 1.29 is 14.7 Å². The second kappa shape index (κ2) is 5.07. The zero-order chi connectivity index (χ0) is 13.3. The number of carbonyl (C=O) groups is 2. The Hall–Kier alpha value is -1.40. The highest BCUT2D eigenvalue weighted by molar-refractivity contribution is 7.10. The summed E-state index contributed by atoms with van der Waals surface area (Å²) in [4.78, 5) is 25.9. The minimum absolute atomic E-state index is 0.184. The van der Waals surface area contributed by atoms with Crippen LogP contribution >= 0.6 is 11.3 Å². The maximum Gasteiger partial charge on any atom is 0.331 e. The van der Waals surface area contributed by atoms with E-state index in [2.05, 4.69) is 0 Å². The average molecular weight is 268 g/mol. The van der Waals surface area contributed by atoms with Gasteiger partial charge in [-0.15, -0.1) is 11.3 Å². The largest absolute Gasteiger partial charge is 0.479 e. The van der Waals surface area contributed by atoms with Gasteiger partial charge in [-0.25, -0.2) is 4.79 Å². The number of hydrogen-bond acceptors (Lipinski definition) is 4. The van der Waals surface area contributed by atoms with Crippen molar-refractivity contribution in [1.82, 2.24) is 4.90 Å². The fourth-order valence-corrected chi connectivity index (χ4v) is 3.15. The first-order valence-electron chi connectivity index (χ1n) is 5.85. The molecule has 1 amide bonds. The molecule has 2 heterocycles. The summed E-state index contributed by atoms with van der Waals surface area (Å²) in [5.41, 5.74) is 6.35. The summed E-state index contributed by atoms with van der Waals surface area (Å²) in [5.74, 6) is -1.17. The number of carboxylic acids is 1. The molecule has 0 saturated heterocycles. The molecule has 0 saturated carbocycles. The quantitative estimate of drug-likeness (QED) is 0.856. The van der Waals surface area contributed by atoms with Crippen molar-refractivity contribution in [1.29, 1.82) is 0 Å². The Kier molecular flexibility index (Phi) is 3.68. The number of aliphatic carboxylic acids is 1. The number of amides is 1. The van der Waals surface area contributed by atoms with E-state index in [1.165, 1.54) is 4.90 Å². The first-order valence-corrected chi connectivity index (χ1v) is 6.72. The van der Waals surface area contributed by atoms with Gasteiger partial charge in [-0.2, -0.15) is 0 Å². The number of carboxylic acid groups (broad SMARTS) is 1. The Balaban J connectivity index is 2.27. The molecule has 2 atom stereocenters. The molecule has 0 aromatic carbocycles. The van der Waals surface area contributed by atoms with E-state index in [1.807, 2.05) is 5.38 Å². The Morgan fingerprint density at radius 2 is 2.39 bits per heavy atom. The third-order valence-corrected chi connectivity index (χ3v) is 4.01. The second-order valence-electron chi connectivity index (χ2n) is 4.56. The Morgan fingerprint density at radius 1 is 1.67 bits per heavy atom. The van der Waals surface area contributed by atoms with Crippen LogP contribution in [0, 0.1) is 0 Å². The molecule has 1 aliphatic heterocycles. The van der Waals surface area contributed by atoms with Crippen LogP contribution in [0.4, 0.5) is 0 Å². The molecule has 0 fully saturated rings. The molecule has 98 valence electrons. The summed E-state index contributed by atoms with van der Waals surface area (Å²) in [6.07, 6.45) is 0.907. The minimum atomic E-state index is -0.979. The van der Waals surface area contributed by atoms with Crippen molar-refractivity contribution in [3.05, 3.63) is 21.9 Å². The standard InChI is InChI=1S/C12H16N2O3S/c1-7(13)6-10(15)14-4-2-9-8(3-5-18-9)11(14)12(16)17/h3,5,7,11H,2,4,6,13H2,1H3,(H,16,17). The fraction of sp³-hybridized carbons (Fsp3) is 0.500. The zero-order valence-electron chi connectivity index (χ0n) is 10.1. The van der Waals surface area contributed by atoms with Crippen LogP contribution in [0.25, 0.3) is 0 Å². The molecule has 0 bridgehead atoms. The normalized spacial score (nSPS) is 20.3. The van der Waals surface area contributed by atoms with Crippen molar-refractivity contribution in [2.75, 3.05) is 6.54 Å². The van der Waals surface area contributed by atoms with Crippen LogP contribution < -0.4 is 5.73 Å². The van der Waals surface area contributed by atoms with Gasteiger partial charge in [0.25, 0.3) is 0 Å². The van der Waals surface area contributed by atoms with Crippen molar-refractivity contribution in [2.45, 2.75) is 31.8 Å². The predicted molar refractivity (Wildman–Crippen MR) is 68.4 cm³/mol. The van der Waals surface area contributed by atoms with Gasteiger partial charge in [-0.3, -0.25) is 4.79 Å². The van der Waals surface area contributed by atoms with Gasteiger partial charge in [0.15, 0.2) is 6.04 Å². The Labute approximate surface area is 109 Å². The van der Waals surface area contributed by atoms with E-state index in [1.54, 1.807) is 24.3 Å². The molecule has 0 radical (unpaired) electrons. The van der Waals surface area contributed by atoms with Gasteiger partial charge in [-0.1, -0.05) is 0 Å². The molecule has 3 N–H and O–H groups in total. The monoisotopic (exact) mass is 268 g/mol. The molecule has 0 spiro atoms. The van der Waals surface area contributed by atoms with Crippen LogP contribution in [-0.2, 0) is 16.0 Å². The van der Waals surface area contributed by atoms with Crippen LogP contribution in [-0.4, -0.2) is 34.5 Å². The Morgan fingerprint density at radius 3 is 3.00 bits per heavy atom. The third kappa shape index (κ3) is 2.39. The van der Waals surface area contributed by atoms with Crippen LogP contribution in [0.15, 0.2) is 11.4 Å². The second-order valence-corrected chi connectivity index (χ2v) is 5.56. The van der Waals surface area contributed by atoms with Gasteiger partial charge >= 0.3 is 5.97 Å². The minimum Gasteiger partial charge on any atom is -0.479 e. The number of thiophene rings is 1. The zero-order valence-corrected chi connectivity index (χ0v) is 10.9. The lowest BCUT2D eigenvalue weighted by Gasteiger charge is -2.33. The van der Waals surface area contributed by atoms with Crippen molar-refractivity contribution in [3.63, 3.8) is 0 Å². The summed E-state index contributed by atoms with van der Waals surface area (Å²) < 4.78 is 0. The number of hydrogen-bond donors (Lipinski definition) is 2. The highest BCUT2D eigenvalue weighted by Gasteiger charge is 2.36. The molecule has 1 aromatic heterocycles. The smallest absolute Gasteiger partial charge is 0.331 e. The lowest BCUT2D eigenvalue weighted by Crippen LogP contribution is -2.44. The molecule has 18 heavy (non-hydrogen) atoms. The predicted octanol–water partition coefficient (Wildman–Crippen LogP) is 0.996. The first-order chi connectivity index (χ1) is 8.50. The van der Waals surface area contributed by atoms with Crippen LogP contribution in [0.2, 0.25) is 0 Å². The van der Waals surface area contributed by atoms with E-state index in [0.717, 1.165) is 16.9 Å². The van der Waals surface area contributed by atoms with E-state index in [0.29, 0.717) is 6.54 Å². The summed E-state index contributed by atoms with van der Waals surface area (Å²) >= 11 is 1.55. The average Bonchev–Trinajstić information content (AvgIpc) is 2.73. The van der Waals surface area contributed by atoms with Gasteiger partial charge in [-0.05, 0) is 30.4 Å². The lowest BCUT2D eigenvalue weighted by atomic mass is 9.99. The molecule has 1 aliphatic rings. The van der Waals surface area contributed by atoms with E-state index < -0.39 is 12.0 Å². The molecule has 2 rings (SSSR count). The molecule has 2 unspecified atom stereocenters. The van der Waals surface area contributed by atoms with Gasteiger partial charge in [0.1, 0.15) is 0 Å². The number of nitrogens with zero attached hydrogens (tertiary/aromatic N) is 1. The summed E-state index contributed by atoms with van der Waals surface area (Å²) in [5, 5.41) is 11.2. The van der Waals surface area contributed by atoms with E-state index in [4.69, 9.17) is 5.73 Å². The van der Waals surface area contributed by atoms with Crippen molar-refractivity contribution in [2.24, 2.45) is 5.73 Å². The van der Waals surface area contributed by atoms with E-state index in [9.17, 15) is 14.7 Å². The third-order valence-electron chi connectivity index (χ3n) is 3.02. The van der Waals surface area contributed by atoms with Crippen LogP contribution in [0.1, 0.15) is 29.8 Å². The molecular weight excluding hydrogens is 252 g/mol. The highest BCUT2D eigenvalue weighted by atomic mass is 32.1. The number of rotatable bonds is 3. The fourth-order valence-electron chi connectivity index (χ4n) is 2.24. The number of carbonyl (C=O) groups excluding carboxylic acids is 1. The number of fused-ring (bicyclic) bond motifs is 1. The van der Waals surface area contributed by atoms with Gasteiger partial charge < -0.3 is 15.7 Å². The van der Waals surface area contributed by atoms with Crippen LogP contribution in [0.5, 0.6) is 0 Å². The molecule has 0 aliphatic carbocycles. The van der Waals surface area contributed by atoms with Gasteiger partial charge in [0, 0.05) is 23.9 Å². The molecule has 1 aromatic rings. The SMILES string of the molecule is CC(N)CC(=O)N1CCc2sccc2C1C(=O)O. The molecular formula is C12H16N2O3S. The topological polar surface area (TPSA) is 83.6 Å². The maximum atomic E-state index is 12.0. The maximum absolute atomic E-state index is 12.0. The Bertz CT molecular complexity index is 470. The lowest BCUT2D eigenvalue weighted by molar-refractivity contribution is -0.151. The van der Waals surface area contributed by atoms with E-state index >= 15 is 0 Å². The van der Waals surface area contributed by atoms with Crippen molar-refractivity contribution >= 4 is 23.2 Å². The first kappa shape index (κ1) is 13.0. The summed E-state index contributed by atoms with van der Waals surface area (Å²) in [7, 11) is 0. The van der Waals surface area contributed by atoms with E-state index in [-0.39, 0.29) is 18.4 Å². The molecule has 6 heteroatoms. The van der Waals surface area contributed by atoms with Gasteiger partial charge in [0.05, 0.1) is 0 Å². The highest BCUT2D eigenvalue weighted by Crippen LogP contribution is 2.33. The summed E-state index contributed by atoms with van der Waals surface area (Å²) in [6.45, 7) is 2.20. The van der Waals surface area contributed by atoms with Crippen molar-refractivity contribution in [3.8, 4) is 0 Å². The molecule has 5 nitrogen and oxygen atoms in total. The number of nitrogens with two attached hydrogens (primary N) is 1.